The van der Waals surface area contributed by atoms with E-state index in [9.17, 15) is 4.79 Å². The summed E-state index contributed by atoms with van der Waals surface area (Å²) in [6.07, 6.45) is -0.913. The van der Waals surface area contributed by atoms with Gasteiger partial charge in [0.1, 0.15) is 17.2 Å². The summed E-state index contributed by atoms with van der Waals surface area (Å²) in [5, 5.41) is 9.84. The number of carboxylic acid groups (broad SMARTS) is 1. The van der Waals surface area contributed by atoms with Gasteiger partial charge in [0.05, 0.1) is 12.6 Å². The van der Waals surface area contributed by atoms with Crippen LogP contribution in [-0.2, 0) is 4.79 Å². The third-order valence-electron chi connectivity index (χ3n) is 3.58. The highest BCUT2D eigenvalue weighted by molar-refractivity contribution is 5.80. The van der Waals surface area contributed by atoms with Crippen LogP contribution in [-0.4, -0.2) is 29.3 Å². The molecule has 6 heteroatoms. The van der Waals surface area contributed by atoms with Crippen molar-refractivity contribution < 1.29 is 24.1 Å². The predicted molar refractivity (Wildman–Crippen MR) is 92.5 cm³/mol. The zero-order chi connectivity index (χ0) is 17.8. The molecule has 0 radical (unpaired) electrons. The highest BCUT2D eigenvalue weighted by atomic mass is 16.5. The van der Waals surface area contributed by atoms with Crippen molar-refractivity contribution in [1.82, 2.24) is 4.98 Å². The molecule has 2 aromatic carbocycles. The van der Waals surface area contributed by atoms with Crippen molar-refractivity contribution in [3.05, 3.63) is 54.6 Å². The van der Waals surface area contributed by atoms with Crippen LogP contribution in [0.4, 0.5) is 0 Å². The Hall–Kier alpha value is -3.28. The zero-order valence-electron chi connectivity index (χ0n) is 13.8. The molecule has 0 aliphatic heterocycles. The van der Waals surface area contributed by atoms with Gasteiger partial charge in [-0.25, -0.2) is 9.78 Å². The number of carboxylic acids is 1. The van der Waals surface area contributed by atoms with E-state index < -0.39 is 12.1 Å². The van der Waals surface area contributed by atoms with Crippen molar-refractivity contribution in [2.24, 2.45) is 0 Å². The molecule has 128 valence electrons. The quantitative estimate of drug-likeness (QED) is 0.734. The second-order valence-electron chi connectivity index (χ2n) is 5.38. The number of hydrogen-bond acceptors (Lipinski definition) is 5. The molecule has 0 bridgehead atoms. The molecule has 25 heavy (non-hydrogen) atoms. The number of fused-ring (bicyclic) bond motifs is 1. The Balaban J connectivity index is 1.75. The molecule has 3 rings (SSSR count). The lowest BCUT2D eigenvalue weighted by Gasteiger charge is -2.11. The molecule has 1 heterocycles. The highest BCUT2D eigenvalue weighted by Gasteiger charge is 2.12. The van der Waals surface area contributed by atoms with E-state index in [1.165, 1.54) is 6.92 Å². The number of rotatable bonds is 6. The van der Waals surface area contributed by atoms with Gasteiger partial charge in [-0.2, -0.15) is 0 Å². The van der Waals surface area contributed by atoms with Crippen LogP contribution in [0, 0.1) is 0 Å². The first-order valence-electron chi connectivity index (χ1n) is 7.67. The number of aromatic nitrogens is 1. The number of benzene rings is 2. The normalized spacial score (nSPS) is 11.8. The molecule has 6 nitrogen and oxygen atoms in total. The number of hydrogen-bond donors (Lipinski definition) is 1. The molecular weight excluding hydrogens is 322 g/mol. The molecule has 0 aliphatic carbocycles. The molecule has 0 aliphatic rings. The number of aliphatic carboxylic acids is 1. The summed E-state index contributed by atoms with van der Waals surface area (Å²) in [7, 11) is 1.61. The van der Waals surface area contributed by atoms with Crippen molar-refractivity contribution in [2.45, 2.75) is 13.0 Å². The van der Waals surface area contributed by atoms with Gasteiger partial charge in [0.25, 0.3) is 0 Å². The Morgan fingerprint density at radius 2 is 1.64 bits per heavy atom. The van der Waals surface area contributed by atoms with E-state index in [4.69, 9.17) is 19.3 Å². The maximum absolute atomic E-state index is 10.8. The van der Waals surface area contributed by atoms with Gasteiger partial charge in [-0.3, -0.25) is 0 Å². The summed E-state index contributed by atoms with van der Waals surface area (Å²) >= 11 is 0. The standard InChI is InChI=1S/C19H17NO5/c1-12(19(21)22)24-14-6-8-15(9-7-14)25-18-10-4-13-3-5-16(23-2)11-17(13)20-18/h3-12H,1-2H3,(H,21,22). The SMILES string of the molecule is COc1ccc2ccc(Oc3ccc(OC(C)C(=O)O)cc3)nc2c1. The minimum Gasteiger partial charge on any atom is -0.497 e. The molecule has 1 aromatic heterocycles. The van der Waals surface area contributed by atoms with Gasteiger partial charge in [0, 0.05) is 17.5 Å². The number of pyridine rings is 1. The fourth-order valence-corrected chi connectivity index (χ4v) is 2.22. The molecule has 1 unspecified atom stereocenters. The highest BCUT2D eigenvalue weighted by Crippen LogP contribution is 2.26. The Labute approximate surface area is 144 Å². The van der Waals surface area contributed by atoms with Crippen LogP contribution < -0.4 is 14.2 Å². The van der Waals surface area contributed by atoms with Gasteiger partial charge in [0.15, 0.2) is 6.10 Å². The second-order valence-corrected chi connectivity index (χ2v) is 5.38. The van der Waals surface area contributed by atoms with Gasteiger partial charge < -0.3 is 19.3 Å². The summed E-state index contributed by atoms with van der Waals surface area (Å²) in [4.78, 5) is 15.3. The van der Waals surface area contributed by atoms with Crippen LogP contribution in [0.1, 0.15) is 6.92 Å². The summed E-state index contributed by atoms with van der Waals surface area (Å²) in [6.45, 7) is 1.47. The number of ether oxygens (including phenoxy) is 3. The number of nitrogens with zero attached hydrogens (tertiary/aromatic N) is 1. The first-order valence-corrected chi connectivity index (χ1v) is 7.67. The van der Waals surface area contributed by atoms with Crippen molar-refractivity contribution in [2.75, 3.05) is 7.11 Å². The number of methoxy groups -OCH3 is 1. The smallest absolute Gasteiger partial charge is 0.344 e. The fraction of sp³-hybridized carbons (Fsp3) is 0.158. The Kier molecular flexibility index (Phi) is 4.70. The number of carbonyl (C=O) groups is 1. The van der Waals surface area contributed by atoms with Crippen molar-refractivity contribution in [3.8, 4) is 23.1 Å². The zero-order valence-corrected chi connectivity index (χ0v) is 13.8. The van der Waals surface area contributed by atoms with Crippen LogP contribution >= 0.6 is 0 Å². The minimum absolute atomic E-state index is 0.452. The lowest BCUT2D eigenvalue weighted by molar-refractivity contribution is -0.144. The maximum Gasteiger partial charge on any atom is 0.344 e. The summed E-state index contributed by atoms with van der Waals surface area (Å²) in [5.74, 6) is 1.19. The third kappa shape index (κ3) is 3.98. The molecule has 1 N–H and O–H groups in total. The van der Waals surface area contributed by atoms with Crippen molar-refractivity contribution in [3.63, 3.8) is 0 Å². The average molecular weight is 339 g/mol. The monoisotopic (exact) mass is 339 g/mol. The first kappa shape index (κ1) is 16.6. The van der Waals surface area contributed by atoms with Gasteiger partial charge in [0.2, 0.25) is 5.88 Å². The van der Waals surface area contributed by atoms with Gasteiger partial charge in [-0.05, 0) is 49.4 Å². The largest absolute Gasteiger partial charge is 0.497 e. The summed E-state index contributed by atoms with van der Waals surface area (Å²) in [6, 6.07) is 16.0. The van der Waals surface area contributed by atoms with E-state index in [2.05, 4.69) is 4.98 Å². The Morgan fingerprint density at radius 3 is 2.32 bits per heavy atom. The van der Waals surface area contributed by atoms with Crippen molar-refractivity contribution >= 4 is 16.9 Å². The molecule has 0 amide bonds. The van der Waals surface area contributed by atoms with Gasteiger partial charge in [-0.1, -0.05) is 0 Å². The van der Waals surface area contributed by atoms with Gasteiger partial charge >= 0.3 is 5.97 Å². The van der Waals surface area contributed by atoms with Crippen LogP contribution in [0.15, 0.2) is 54.6 Å². The fourth-order valence-electron chi connectivity index (χ4n) is 2.22. The molecule has 0 saturated carbocycles. The van der Waals surface area contributed by atoms with Crippen LogP contribution in [0.25, 0.3) is 10.9 Å². The van der Waals surface area contributed by atoms with Crippen LogP contribution in [0.5, 0.6) is 23.1 Å². The summed E-state index contributed by atoms with van der Waals surface area (Å²) < 4.78 is 16.2. The lowest BCUT2D eigenvalue weighted by atomic mass is 10.2. The first-order chi connectivity index (χ1) is 12.0. The van der Waals surface area contributed by atoms with E-state index >= 15 is 0 Å². The van der Waals surface area contributed by atoms with E-state index in [0.29, 0.717) is 17.4 Å². The molecule has 0 fully saturated rings. The van der Waals surface area contributed by atoms with Gasteiger partial charge in [-0.15, -0.1) is 0 Å². The molecule has 0 spiro atoms. The lowest BCUT2D eigenvalue weighted by Crippen LogP contribution is -2.22. The van der Waals surface area contributed by atoms with Crippen molar-refractivity contribution in [1.29, 1.82) is 0 Å². The average Bonchev–Trinajstić information content (AvgIpc) is 2.62. The van der Waals surface area contributed by atoms with Crippen LogP contribution in [0.3, 0.4) is 0 Å². The van der Waals surface area contributed by atoms with E-state index in [1.807, 2.05) is 24.3 Å². The van der Waals surface area contributed by atoms with Crippen LogP contribution in [0.2, 0.25) is 0 Å². The predicted octanol–water partition coefficient (Wildman–Crippen LogP) is 3.89. The van der Waals surface area contributed by atoms with E-state index in [1.54, 1.807) is 37.4 Å². The van der Waals surface area contributed by atoms with E-state index in [-0.39, 0.29) is 0 Å². The molecular formula is C19H17NO5. The third-order valence-corrected chi connectivity index (χ3v) is 3.58. The maximum atomic E-state index is 10.8. The topological polar surface area (TPSA) is 77.9 Å². The summed E-state index contributed by atoms with van der Waals surface area (Å²) in [5.41, 5.74) is 0.770. The molecule has 3 aromatic rings. The second kappa shape index (κ2) is 7.09. The minimum atomic E-state index is -1.02. The molecule has 0 saturated heterocycles. The Bertz CT molecular complexity index is 892. The molecule has 1 atom stereocenters. The Morgan fingerprint density at radius 1 is 1.00 bits per heavy atom. The van der Waals surface area contributed by atoms with E-state index in [0.717, 1.165) is 16.7 Å².